The van der Waals surface area contributed by atoms with E-state index < -0.39 is 11.9 Å². The molecule has 7 heteroatoms. The standard InChI is InChI=1S/C3H8N2.2C2H4O2.Na.H/c1-2-3(4)5;2*1-2(3)4;;/h2H,4-5H2,1H3;2*1H3,(H,3,4);;. The van der Waals surface area contributed by atoms with Gasteiger partial charge in [0.1, 0.15) is 0 Å². The van der Waals surface area contributed by atoms with Crippen molar-refractivity contribution < 1.29 is 19.8 Å². The maximum absolute atomic E-state index is 9.00. The summed E-state index contributed by atoms with van der Waals surface area (Å²) in [5, 5.41) is 14.8. The van der Waals surface area contributed by atoms with Crippen LogP contribution < -0.4 is 11.5 Å². The minimum atomic E-state index is -0.833. The first-order valence-corrected chi connectivity index (χ1v) is 3.30. The molecule has 0 saturated carbocycles. The van der Waals surface area contributed by atoms with Crippen molar-refractivity contribution in [3.63, 3.8) is 0 Å². The van der Waals surface area contributed by atoms with Gasteiger partial charge in [-0.25, -0.2) is 0 Å². The van der Waals surface area contributed by atoms with Crippen LogP contribution in [0.25, 0.3) is 0 Å². The zero-order valence-electron chi connectivity index (χ0n) is 7.94. The molecule has 0 amide bonds. The number of nitrogens with two attached hydrogens (primary N) is 2. The van der Waals surface area contributed by atoms with Crippen molar-refractivity contribution in [1.82, 2.24) is 0 Å². The van der Waals surface area contributed by atoms with Crippen molar-refractivity contribution >= 4 is 41.5 Å². The van der Waals surface area contributed by atoms with Crippen LogP contribution in [-0.4, -0.2) is 51.7 Å². The Hall–Kier alpha value is -0.720. The second kappa shape index (κ2) is 18.1. The molecule has 0 aromatic carbocycles. The van der Waals surface area contributed by atoms with Gasteiger partial charge in [0, 0.05) is 13.8 Å². The average Bonchev–Trinajstić information content (AvgIpc) is 1.84. The summed E-state index contributed by atoms with van der Waals surface area (Å²) in [6, 6.07) is 0. The van der Waals surface area contributed by atoms with Crippen molar-refractivity contribution in [1.29, 1.82) is 0 Å². The second-order valence-corrected chi connectivity index (χ2v) is 1.83. The monoisotopic (exact) mass is 216 g/mol. The number of carbonyl (C=O) groups is 2. The fraction of sp³-hybridized carbons (Fsp3) is 0.429. The van der Waals surface area contributed by atoms with Gasteiger partial charge in [-0.15, -0.1) is 0 Å². The molecule has 0 aliphatic carbocycles. The molecule has 0 bridgehead atoms. The van der Waals surface area contributed by atoms with Crippen LogP contribution in [0.3, 0.4) is 0 Å². The van der Waals surface area contributed by atoms with E-state index >= 15 is 0 Å². The number of rotatable bonds is 0. The molecule has 14 heavy (non-hydrogen) atoms. The second-order valence-electron chi connectivity index (χ2n) is 1.83. The van der Waals surface area contributed by atoms with E-state index in [2.05, 4.69) is 0 Å². The van der Waals surface area contributed by atoms with Gasteiger partial charge in [0.25, 0.3) is 11.9 Å². The van der Waals surface area contributed by atoms with Crippen LogP contribution in [0.15, 0.2) is 11.9 Å². The summed E-state index contributed by atoms with van der Waals surface area (Å²) >= 11 is 0. The van der Waals surface area contributed by atoms with Crippen molar-refractivity contribution in [2.75, 3.05) is 0 Å². The molecular weight excluding hydrogens is 199 g/mol. The average molecular weight is 216 g/mol. The number of hydrogen-bond donors (Lipinski definition) is 4. The molecule has 0 aromatic rings. The third-order valence-corrected chi connectivity index (χ3v) is 0.333. The molecule has 0 atom stereocenters. The zero-order chi connectivity index (χ0) is 11.4. The first-order chi connectivity index (χ1) is 5.73. The van der Waals surface area contributed by atoms with E-state index in [-0.39, 0.29) is 29.6 Å². The summed E-state index contributed by atoms with van der Waals surface area (Å²) in [6.45, 7) is 3.95. The van der Waals surface area contributed by atoms with E-state index in [0.717, 1.165) is 13.8 Å². The van der Waals surface area contributed by atoms with Crippen molar-refractivity contribution in [3.05, 3.63) is 11.9 Å². The Morgan fingerprint density at radius 2 is 1.14 bits per heavy atom. The number of allylic oxidation sites excluding steroid dienone is 1. The van der Waals surface area contributed by atoms with Gasteiger partial charge in [-0.2, -0.15) is 0 Å². The number of carboxylic acid groups (broad SMARTS) is 2. The zero-order valence-corrected chi connectivity index (χ0v) is 7.94. The van der Waals surface area contributed by atoms with E-state index in [0.29, 0.717) is 5.82 Å². The van der Waals surface area contributed by atoms with Crippen molar-refractivity contribution in [3.8, 4) is 0 Å². The summed E-state index contributed by atoms with van der Waals surface area (Å²) < 4.78 is 0. The number of aliphatic carboxylic acids is 2. The molecule has 0 spiro atoms. The Labute approximate surface area is 105 Å². The molecular formula is C7H17N2NaO4. The van der Waals surface area contributed by atoms with Gasteiger partial charge in [-0.1, -0.05) is 0 Å². The number of hydrogen-bond acceptors (Lipinski definition) is 4. The molecule has 0 radical (unpaired) electrons. The maximum atomic E-state index is 9.00. The molecule has 0 aliphatic heterocycles. The van der Waals surface area contributed by atoms with E-state index in [1.807, 2.05) is 0 Å². The summed E-state index contributed by atoms with van der Waals surface area (Å²) in [4.78, 5) is 18.0. The van der Waals surface area contributed by atoms with E-state index in [1.165, 1.54) is 0 Å². The van der Waals surface area contributed by atoms with Crippen molar-refractivity contribution in [2.45, 2.75) is 20.8 Å². The Morgan fingerprint density at radius 1 is 1.07 bits per heavy atom. The third-order valence-electron chi connectivity index (χ3n) is 0.333. The van der Waals surface area contributed by atoms with E-state index in [1.54, 1.807) is 13.0 Å². The molecule has 0 fully saturated rings. The van der Waals surface area contributed by atoms with Crippen molar-refractivity contribution in [2.24, 2.45) is 11.5 Å². The van der Waals surface area contributed by atoms with Crippen LogP contribution in [0.1, 0.15) is 20.8 Å². The van der Waals surface area contributed by atoms with E-state index in [4.69, 9.17) is 31.3 Å². The molecule has 0 aromatic heterocycles. The molecule has 80 valence electrons. The topological polar surface area (TPSA) is 127 Å². The van der Waals surface area contributed by atoms with Gasteiger partial charge in [0.2, 0.25) is 0 Å². The predicted octanol–water partition coefficient (Wildman–Crippen LogP) is -0.702. The van der Waals surface area contributed by atoms with Crippen LogP contribution in [0.5, 0.6) is 0 Å². The van der Waals surface area contributed by atoms with Crippen LogP contribution >= 0.6 is 0 Å². The summed E-state index contributed by atoms with van der Waals surface area (Å²) in [5.74, 6) is -1.29. The molecule has 0 rings (SSSR count). The van der Waals surface area contributed by atoms with Gasteiger partial charge < -0.3 is 21.7 Å². The fourth-order valence-electron chi connectivity index (χ4n) is 0. The van der Waals surface area contributed by atoms with Gasteiger partial charge in [-0.05, 0) is 13.0 Å². The molecule has 0 heterocycles. The van der Waals surface area contributed by atoms with Gasteiger partial charge in [0.05, 0.1) is 5.82 Å². The summed E-state index contributed by atoms with van der Waals surface area (Å²) in [6.07, 6.45) is 1.64. The van der Waals surface area contributed by atoms with Crippen LogP contribution in [0, 0.1) is 0 Å². The number of carboxylic acids is 2. The Morgan fingerprint density at radius 3 is 1.14 bits per heavy atom. The first kappa shape index (κ1) is 23.3. The Balaban J connectivity index is -0.0000000522. The first-order valence-electron chi connectivity index (χ1n) is 3.30. The Bertz CT molecular complexity index is 159. The molecule has 0 saturated heterocycles. The van der Waals surface area contributed by atoms with Gasteiger partial charge >= 0.3 is 29.6 Å². The van der Waals surface area contributed by atoms with Crippen LogP contribution in [0.4, 0.5) is 0 Å². The normalized spacial score (nSPS) is 5.93. The fourth-order valence-corrected chi connectivity index (χ4v) is 0. The third kappa shape index (κ3) is 728. The molecule has 0 aliphatic rings. The predicted molar refractivity (Wildman–Crippen MR) is 55.9 cm³/mol. The summed E-state index contributed by atoms with van der Waals surface area (Å²) in [5.41, 5.74) is 9.86. The quantitative estimate of drug-likeness (QED) is 0.396. The van der Waals surface area contributed by atoms with Crippen LogP contribution in [-0.2, 0) is 9.59 Å². The minimum absolute atomic E-state index is 0. The Kier molecular flexibility index (Phi) is 30.1. The summed E-state index contributed by atoms with van der Waals surface area (Å²) in [7, 11) is 0. The van der Waals surface area contributed by atoms with Gasteiger partial charge in [-0.3, -0.25) is 9.59 Å². The van der Waals surface area contributed by atoms with Gasteiger partial charge in [0.15, 0.2) is 0 Å². The van der Waals surface area contributed by atoms with Crippen LogP contribution in [0.2, 0.25) is 0 Å². The molecule has 6 N–H and O–H groups in total. The molecule has 6 nitrogen and oxygen atoms in total. The molecule has 0 unspecified atom stereocenters. The SMILES string of the molecule is CC(=O)O.CC(=O)O.CC=C(N)N.[NaH]. The van der Waals surface area contributed by atoms with E-state index in [9.17, 15) is 0 Å².